The van der Waals surface area contributed by atoms with Crippen molar-refractivity contribution in [3.8, 4) is 16.6 Å². The van der Waals surface area contributed by atoms with E-state index in [9.17, 15) is 0 Å². The molecule has 1 aromatic heterocycles. The third kappa shape index (κ3) is 2.61. The van der Waals surface area contributed by atoms with Crippen LogP contribution in [0.15, 0.2) is 39.8 Å². The Labute approximate surface area is 118 Å². The summed E-state index contributed by atoms with van der Waals surface area (Å²) in [6, 6.07) is 9.98. The fraction of sp³-hybridized carbons (Fsp3) is 0.0769. The lowest BCUT2D eigenvalue weighted by molar-refractivity contribution is 1.28. The zero-order valence-corrected chi connectivity index (χ0v) is 12.0. The van der Waals surface area contributed by atoms with Crippen molar-refractivity contribution in [2.24, 2.45) is 5.73 Å². The molecule has 90 valence electrons. The molecule has 0 atom stereocenters. The highest BCUT2D eigenvalue weighted by molar-refractivity contribution is 9.10. The summed E-state index contributed by atoms with van der Waals surface area (Å²) in [6.45, 7) is 1.71. The van der Waals surface area contributed by atoms with Crippen LogP contribution in [0.3, 0.4) is 0 Å². The maximum Gasteiger partial charge on any atom is 0.124 e. The van der Waals surface area contributed by atoms with E-state index in [1.807, 2.05) is 29.6 Å². The number of benzene rings is 1. The molecule has 0 fully saturated rings. The van der Waals surface area contributed by atoms with E-state index < -0.39 is 0 Å². The SMILES string of the molecule is C/C(N)=C(/C#N)c1csc(-c2cccc(Br)c2)n1. The van der Waals surface area contributed by atoms with Crippen LogP contribution in [0.25, 0.3) is 16.1 Å². The van der Waals surface area contributed by atoms with E-state index in [0.717, 1.165) is 15.0 Å². The van der Waals surface area contributed by atoms with Crippen LogP contribution in [-0.4, -0.2) is 4.98 Å². The minimum atomic E-state index is 0.437. The molecule has 2 rings (SSSR count). The van der Waals surface area contributed by atoms with Crippen molar-refractivity contribution in [2.45, 2.75) is 6.92 Å². The molecule has 0 aliphatic heterocycles. The van der Waals surface area contributed by atoms with Gasteiger partial charge in [0.2, 0.25) is 0 Å². The number of nitrogens with two attached hydrogens (primary N) is 1. The average molecular weight is 320 g/mol. The van der Waals surface area contributed by atoms with Crippen LogP contribution in [0.1, 0.15) is 12.6 Å². The second-order valence-corrected chi connectivity index (χ2v) is 5.49. The van der Waals surface area contributed by atoms with Gasteiger partial charge in [-0.3, -0.25) is 0 Å². The van der Waals surface area contributed by atoms with E-state index in [0.29, 0.717) is 17.0 Å². The van der Waals surface area contributed by atoms with Crippen LogP contribution < -0.4 is 5.73 Å². The number of allylic oxidation sites excluding steroid dienone is 2. The van der Waals surface area contributed by atoms with Crippen molar-refractivity contribution in [1.29, 1.82) is 5.26 Å². The summed E-state index contributed by atoms with van der Waals surface area (Å²) in [4.78, 5) is 4.45. The van der Waals surface area contributed by atoms with Gasteiger partial charge in [0.25, 0.3) is 0 Å². The highest BCUT2D eigenvalue weighted by atomic mass is 79.9. The fourth-order valence-electron chi connectivity index (χ4n) is 1.49. The molecule has 0 unspecified atom stereocenters. The van der Waals surface area contributed by atoms with Crippen LogP contribution >= 0.6 is 27.3 Å². The first-order valence-corrected chi connectivity index (χ1v) is 6.87. The second-order valence-electron chi connectivity index (χ2n) is 3.72. The molecule has 0 aliphatic carbocycles. The Bertz CT molecular complexity index is 648. The van der Waals surface area contributed by atoms with Crippen LogP contribution in [-0.2, 0) is 0 Å². The lowest BCUT2D eigenvalue weighted by Crippen LogP contribution is -1.96. The fourth-order valence-corrected chi connectivity index (χ4v) is 2.70. The minimum Gasteiger partial charge on any atom is -0.401 e. The van der Waals surface area contributed by atoms with Gasteiger partial charge >= 0.3 is 0 Å². The van der Waals surface area contributed by atoms with Crippen molar-refractivity contribution in [3.05, 3.63) is 45.5 Å². The predicted octanol–water partition coefficient (Wildman–Crippen LogP) is 3.79. The first kappa shape index (κ1) is 12.8. The van der Waals surface area contributed by atoms with Gasteiger partial charge in [0.1, 0.15) is 11.1 Å². The third-order valence-electron chi connectivity index (χ3n) is 2.34. The van der Waals surface area contributed by atoms with Crippen LogP contribution in [0.4, 0.5) is 0 Å². The Morgan fingerprint density at radius 3 is 2.89 bits per heavy atom. The summed E-state index contributed by atoms with van der Waals surface area (Å²) in [7, 11) is 0. The van der Waals surface area contributed by atoms with Gasteiger partial charge < -0.3 is 5.73 Å². The van der Waals surface area contributed by atoms with Crippen molar-refractivity contribution in [3.63, 3.8) is 0 Å². The second kappa shape index (κ2) is 5.34. The topological polar surface area (TPSA) is 62.7 Å². The molecular formula is C13H10BrN3S. The minimum absolute atomic E-state index is 0.437. The maximum atomic E-state index is 9.04. The molecule has 0 radical (unpaired) electrons. The summed E-state index contributed by atoms with van der Waals surface area (Å²) in [5.41, 5.74) is 8.25. The Morgan fingerprint density at radius 2 is 2.28 bits per heavy atom. The van der Waals surface area contributed by atoms with Gasteiger partial charge in [-0.1, -0.05) is 28.1 Å². The Morgan fingerprint density at radius 1 is 1.50 bits per heavy atom. The van der Waals surface area contributed by atoms with Crippen molar-refractivity contribution < 1.29 is 0 Å². The van der Waals surface area contributed by atoms with Gasteiger partial charge in [-0.15, -0.1) is 11.3 Å². The molecule has 1 heterocycles. The number of nitrogens with zero attached hydrogens (tertiary/aromatic N) is 2. The smallest absolute Gasteiger partial charge is 0.124 e. The number of hydrogen-bond donors (Lipinski definition) is 1. The standard InChI is InChI=1S/C13H10BrN3S/c1-8(16)11(6-15)12-7-18-13(17-12)9-3-2-4-10(14)5-9/h2-5,7H,16H2,1H3/b11-8+. The van der Waals surface area contributed by atoms with E-state index in [1.54, 1.807) is 6.92 Å². The molecule has 0 saturated heterocycles. The number of rotatable bonds is 2. The summed E-state index contributed by atoms with van der Waals surface area (Å²) in [6.07, 6.45) is 0. The Kier molecular flexibility index (Phi) is 3.80. The summed E-state index contributed by atoms with van der Waals surface area (Å²) in [5.74, 6) is 0. The molecule has 2 N–H and O–H groups in total. The van der Waals surface area contributed by atoms with Crippen LogP contribution in [0, 0.1) is 11.3 Å². The molecule has 0 spiro atoms. The average Bonchev–Trinajstić information content (AvgIpc) is 2.79. The number of halogens is 1. The number of aromatic nitrogens is 1. The van der Waals surface area contributed by atoms with Gasteiger partial charge in [-0.25, -0.2) is 4.98 Å². The number of thiazole rings is 1. The molecular weight excluding hydrogens is 310 g/mol. The third-order valence-corrected chi connectivity index (χ3v) is 3.72. The summed E-state index contributed by atoms with van der Waals surface area (Å²) < 4.78 is 1.00. The van der Waals surface area contributed by atoms with E-state index in [1.165, 1.54) is 11.3 Å². The first-order chi connectivity index (χ1) is 8.61. The monoisotopic (exact) mass is 319 g/mol. The Balaban J connectivity index is 2.44. The van der Waals surface area contributed by atoms with Crippen LogP contribution in [0.2, 0.25) is 0 Å². The van der Waals surface area contributed by atoms with Gasteiger partial charge in [-0.2, -0.15) is 5.26 Å². The molecule has 1 aromatic carbocycles. The van der Waals surface area contributed by atoms with E-state index in [2.05, 4.69) is 27.0 Å². The summed E-state index contributed by atoms with van der Waals surface area (Å²) in [5, 5.41) is 11.8. The van der Waals surface area contributed by atoms with Crippen molar-refractivity contribution >= 4 is 32.8 Å². The highest BCUT2D eigenvalue weighted by Crippen LogP contribution is 2.28. The summed E-state index contributed by atoms with van der Waals surface area (Å²) >= 11 is 4.93. The van der Waals surface area contributed by atoms with E-state index >= 15 is 0 Å². The normalized spacial score (nSPS) is 11.8. The van der Waals surface area contributed by atoms with E-state index in [4.69, 9.17) is 11.0 Å². The molecule has 0 aliphatic rings. The maximum absolute atomic E-state index is 9.04. The van der Waals surface area contributed by atoms with Gasteiger partial charge in [0.05, 0.1) is 11.3 Å². The zero-order chi connectivity index (χ0) is 13.1. The number of hydrogen-bond acceptors (Lipinski definition) is 4. The predicted molar refractivity (Wildman–Crippen MR) is 77.6 cm³/mol. The lowest BCUT2D eigenvalue weighted by atomic mass is 10.2. The van der Waals surface area contributed by atoms with E-state index in [-0.39, 0.29) is 0 Å². The zero-order valence-electron chi connectivity index (χ0n) is 9.64. The van der Waals surface area contributed by atoms with Gasteiger partial charge in [0.15, 0.2) is 0 Å². The molecule has 3 nitrogen and oxygen atoms in total. The van der Waals surface area contributed by atoms with Gasteiger partial charge in [0, 0.05) is 21.1 Å². The van der Waals surface area contributed by atoms with Crippen molar-refractivity contribution in [1.82, 2.24) is 4.98 Å². The molecule has 0 saturated carbocycles. The quantitative estimate of drug-likeness (QED) is 0.856. The molecule has 0 bridgehead atoms. The van der Waals surface area contributed by atoms with Gasteiger partial charge in [-0.05, 0) is 19.1 Å². The molecule has 2 aromatic rings. The largest absolute Gasteiger partial charge is 0.401 e. The number of nitriles is 1. The Hall–Kier alpha value is -1.64. The molecule has 0 amide bonds. The highest BCUT2D eigenvalue weighted by Gasteiger charge is 2.10. The lowest BCUT2D eigenvalue weighted by Gasteiger charge is -1.97. The van der Waals surface area contributed by atoms with Crippen molar-refractivity contribution in [2.75, 3.05) is 0 Å². The first-order valence-electron chi connectivity index (χ1n) is 5.20. The molecule has 5 heteroatoms. The molecule has 18 heavy (non-hydrogen) atoms. The van der Waals surface area contributed by atoms with Crippen LogP contribution in [0.5, 0.6) is 0 Å².